The monoisotopic (exact) mass is 400 g/mol. The molecule has 0 saturated carbocycles. The van der Waals surface area contributed by atoms with Crippen LogP contribution in [0.4, 0.5) is 5.95 Å². The van der Waals surface area contributed by atoms with Gasteiger partial charge in [-0.3, -0.25) is 0 Å². The Balaban J connectivity index is 1.89. The summed E-state index contributed by atoms with van der Waals surface area (Å²) < 4.78 is 11.5. The number of rotatable bonds is 4. The number of hydrogen-bond acceptors (Lipinski definition) is 6. The third-order valence-electron chi connectivity index (χ3n) is 4.81. The maximum atomic E-state index is 6.28. The van der Waals surface area contributed by atoms with Crippen molar-refractivity contribution < 1.29 is 9.15 Å². The van der Waals surface area contributed by atoms with Crippen LogP contribution in [0.2, 0.25) is 0 Å². The van der Waals surface area contributed by atoms with Gasteiger partial charge in [0.25, 0.3) is 0 Å². The fourth-order valence-corrected chi connectivity index (χ4v) is 3.50. The third kappa shape index (κ3) is 4.03. The zero-order valence-electron chi connectivity index (χ0n) is 17.8. The molecule has 0 spiro atoms. The molecule has 1 N–H and O–H groups in total. The Hall–Kier alpha value is -3.67. The molecule has 2 aromatic heterocycles. The summed E-state index contributed by atoms with van der Waals surface area (Å²) in [4.78, 5) is 8.82. The van der Waals surface area contributed by atoms with E-state index < -0.39 is 0 Å². The van der Waals surface area contributed by atoms with Crippen molar-refractivity contribution in [1.82, 2.24) is 9.97 Å². The van der Waals surface area contributed by atoms with Gasteiger partial charge in [0.1, 0.15) is 17.1 Å². The fourth-order valence-electron chi connectivity index (χ4n) is 3.50. The van der Waals surface area contributed by atoms with Gasteiger partial charge in [-0.1, -0.05) is 6.07 Å². The quantitative estimate of drug-likeness (QED) is 0.485. The van der Waals surface area contributed by atoms with Crippen LogP contribution in [-0.2, 0) is 0 Å². The predicted octanol–water partition coefficient (Wildman–Crippen LogP) is 5.06. The molecule has 4 aromatic rings. The minimum absolute atomic E-state index is 0.469. The number of anilines is 1. The van der Waals surface area contributed by atoms with Crippen LogP contribution in [0.1, 0.15) is 22.5 Å². The Bertz CT molecular complexity index is 1270. The van der Waals surface area contributed by atoms with Crippen molar-refractivity contribution in [3.8, 4) is 17.1 Å². The minimum Gasteiger partial charge on any atom is -0.497 e. The first-order valence-corrected chi connectivity index (χ1v) is 9.74. The molecule has 0 atom stereocenters. The molecular formula is C24H24N4O2. The second-order valence-electron chi connectivity index (χ2n) is 7.38. The Kier molecular flexibility index (Phi) is 5.23. The van der Waals surface area contributed by atoms with Gasteiger partial charge in [-0.05, 0) is 75.2 Å². The SMILES string of the molecule is COc1ccc(-c2cc(=NNc3nc(C)cc(C)n3)c3cc(C)cc(C)c3o2)cc1. The second kappa shape index (κ2) is 7.99. The van der Waals surface area contributed by atoms with Gasteiger partial charge in [-0.2, -0.15) is 5.10 Å². The summed E-state index contributed by atoms with van der Waals surface area (Å²) in [6, 6.07) is 15.8. The minimum atomic E-state index is 0.469. The van der Waals surface area contributed by atoms with Crippen molar-refractivity contribution in [2.24, 2.45) is 5.10 Å². The lowest BCUT2D eigenvalue weighted by Gasteiger charge is -2.09. The summed E-state index contributed by atoms with van der Waals surface area (Å²) in [6.45, 7) is 7.98. The highest BCUT2D eigenvalue weighted by atomic mass is 16.5. The zero-order chi connectivity index (χ0) is 21.3. The standard InChI is InChI=1S/C24H24N4O2/c1-14-10-15(2)23-20(11-14)21(27-28-24-25-16(3)12-17(4)26-24)13-22(30-23)18-6-8-19(29-5)9-7-18/h6-13H,1-5H3,(H,25,26,28). The maximum Gasteiger partial charge on any atom is 0.243 e. The lowest BCUT2D eigenvalue weighted by molar-refractivity contribution is 0.415. The van der Waals surface area contributed by atoms with Crippen molar-refractivity contribution in [2.75, 3.05) is 12.5 Å². The number of nitrogens with zero attached hydrogens (tertiary/aromatic N) is 3. The Labute approximate surface area is 175 Å². The molecule has 30 heavy (non-hydrogen) atoms. The number of aromatic nitrogens is 2. The highest BCUT2D eigenvalue weighted by molar-refractivity contribution is 5.82. The molecule has 0 aliphatic rings. The van der Waals surface area contributed by atoms with Crippen molar-refractivity contribution in [1.29, 1.82) is 0 Å². The molecule has 0 amide bonds. The molecule has 6 heteroatoms. The third-order valence-corrected chi connectivity index (χ3v) is 4.81. The number of nitrogens with one attached hydrogen (secondary N) is 1. The molecule has 0 bridgehead atoms. The van der Waals surface area contributed by atoms with Gasteiger partial charge in [0.15, 0.2) is 0 Å². The average Bonchev–Trinajstić information content (AvgIpc) is 2.71. The first-order valence-electron chi connectivity index (χ1n) is 9.74. The predicted molar refractivity (Wildman–Crippen MR) is 118 cm³/mol. The first kappa shape index (κ1) is 19.6. The number of fused-ring (bicyclic) bond motifs is 1. The normalized spacial score (nSPS) is 11.7. The van der Waals surface area contributed by atoms with Gasteiger partial charge in [0.05, 0.1) is 12.5 Å². The van der Waals surface area contributed by atoms with Gasteiger partial charge in [0, 0.05) is 28.4 Å². The molecular weight excluding hydrogens is 376 g/mol. The molecule has 0 aliphatic carbocycles. The first-order chi connectivity index (χ1) is 14.4. The van der Waals surface area contributed by atoms with Crippen molar-refractivity contribution >= 4 is 16.9 Å². The number of methoxy groups -OCH3 is 1. The van der Waals surface area contributed by atoms with E-state index in [1.165, 1.54) is 0 Å². The highest BCUT2D eigenvalue weighted by Crippen LogP contribution is 2.26. The summed E-state index contributed by atoms with van der Waals surface area (Å²) in [7, 11) is 1.65. The molecule has 2 aromatic carbocycles. The van der Waals surface area contributed by atoms with Gasteiger partial charge in [0.2, 0.25) is 5.95 Å². The molecule has 152 valence electrons. The van der Waals surface area contributed by atoms with E-state index in [0.29, 0.717) is 5.95 Å². The number of hydrogen-bond donors (Lipinski definition) is 1. The van der Waals surface area contributed by atoms with Crippen molar-refractivity contribution in [2.45, 2.75) is 27.7 Å². The summed E-state index contributed by atoms with van der Waals surface area (Å²) >= 11 is 0. The summed E-state index contributed by atoms with van der Waals surface area (Å²) in [6.07, 6.45) is 0. The second-order valence-corrected chi connectivity index (χ2v) is 7.38. The van der Waals surface area contributed by atoms with Gasteiger partial charge in [-0.15, -0.1) is 0 Å². The largest absolute Gasteiger partial charge is 0.497 e. The van der Waals surface area contributed by atoms with E-state index in [4.69, 9.17) is 9.15 Å². The lowest BCUT2D eigenvalue weighted by atomic mass is 10.1. The highest BCUT2D eigenvalue weighted by Gasteiger charge is 2.10. The molecule has 0 saturated heterocycles. The summed E-state index contributed by atoms with van der Waals surface area (Å²) in [5, 5.41) is 6.32. The van der Waals surface area contributed by atoms with Crippen LogP contribution in [0.5, 0.6) is 5.75 Å². The van der Waals surface area contributed by atoms with Crippen LogP contribution < -0.4 is 15.5 Å². The van der Waals surface area contributed by atoms with E-state index in [1.807, 2.05) is 57.2 Å². The van der Waals surface area contributed by atoms with Crippen LogP contribution in [0, 0.1) is 27.7 Å². The van der Waals surface area contributed by atoms with Crippen molar-refractivity contribution in [3.05, 3.63) is 76.4 Å². The van der Waals surface area contributed by atoms with Crippen LogP contribution in [0.25, 0.3) is 22.3 Å². The average molecular weight is 400 g/mol. The van der Waals surface area contributed by atoms with Crippen LogP contribution >= 0.6 is 0 Å². The molecule has 0 unspecified atom stereocenters. The lowest BCUT2D eigenvalue weighted by Crippen LogP contribution is -2.10. The fraction of sp³-hybridized carbons (Fsp3) is 0.208. The van der Waals surface area contributed by atoms with Crippen LogP contribution in [0.15, 0.2) is 58.0 Å². The Morgan fingerprint density at radius 1 is 0.900 bits per heavy atom. The Morgan fingerprint density at radius 2 is 1.60 bits per heavy atom. The molecule has 0 radical (unpaired) electrons. The Morgan fingerprint density at radius 3 is 2.27 bits per heavy atom. The molecule has 0 fully saturated rings. The van der Waals surface area contributed by atoms with Gasteiger partial charge in [-0.25, -0.2) is 15.4 Å². The van der Waals surface area contributed by atoms with E-state index >= 15 is 0 Å². The van der Waals surface area contributed by atoms with Crippen molar-refractivity contribution in [3.63, 3.8) is 0 Å². The van der Waals surface area contributed by atoms with Gasteiger partial charge < -0.3 is 9.15 Å². The molecule has 0 aliphatic heterocycles. The molecule has 4 rings (SSSR count). The van der Waals surface area contributed by atoms with E-state index in [-0.39, 0.29) is 0 Å². The van der Waals surface area contributed by atoms with Crippen LogP contribution in [0.3, 0.4) is 0 Å². The van der Waals surface area contributed by atoms with Crippen LogP contribution in [-0.4, -0.2) is 17.1 Å². The van der Waals surface area contributed by atoms with E-state index in [0.717, 1.165) is 55.9 Å². The number of aryl methyl sites for hydroxylation is 4. The number of benzene rings is 2. The van der Waals surface area contributed by atoms with Gasteiger partial charge >= 0.3 is 0 Å². The molecule has 6 nitrogen and oxygen atoms in total. The summed E-state index contributed by atoms with van der Waals surface area (Å²) in [5.74, 6) is 1.99. The summed E-state index contributed by atoms with van der Waals surface area (Å²) in [5.41, 5.74) is 8.73. The maximum absolute atomic E-state index is 6.28. The molecule has 2 heterocycles. The zero-order valence-corrected chi connectivity index (χ0v) is 17.8. The smallest absolute Gasteiger partial charge is 0.243 e. The number of ether oxygens (including phenoxy) is 1. The van der Waals surface area contributed by atoms with E-state index in [1.54, 1.807) is 7.11 Å². The topological polar surface area (TPSA) is 72.5 Å². The van der Waals surface area contributed by atoms with E-state index in [2.05, 4.69) is 39.6 Å². The van der Waals surface area contributed by atoms with E-state index in [9.17, 15) is 0 Å².